The molecule has 2 heterocycles. The number of nitrogens with zero attached hydrogens (tertiary/aromatic N) is 3. The van der Waals surface area contributed by atoms with Crippen LogP contribution in [0.15, 0.2) is 71.9 Å². The highest BCUT2D eigenvalue weighted by Crippen LogP contribution is 2.24. The van der Waals surface area contributed by atoms with E-state index in [0.29, 0.717) is 17.8 Å². The number of nitrogens with one attached hydrogen (secondary N) is 2. The molecular formula is C27H35N5O6S2. The number of hydrogen-bond donors (Lipinski definition) is 2. The van der Waals surface area contributed by atoms with Gasteiger partial charge in [0.2, 0.25) is 20.0 Å². The normalized spacial score (nSPS) is 12.9. The van der Waals surface area contributed by atoms with Crippen molar-refractivity contribution in [3.8, 4) is 0 Å². The Hall–Kier alpha value is -3.55. The average molecular weight is 590 g/mol. The third-order valence-corrected chi connectivity index (χ3v) is 9.04. The Morgan fingerprint density at radius 2 is 1.73 bits per heavy atom. The molecule has 0 aliphatic rings. The van der Waals surface area contributed by atoms with E-state index >= 15 is 0 Å². The minimum Gasteiger partial charge on any atom is -0.444 e. The van der Waals surface area contributed by atoms with Crippen LogP contribution in [0.3, 0.4) is 0 Å². The molecule has 2 aromatic heterocycles. The summed E-state index contributed by atoms with van der Waals surface area (Å²) >= 11 is 0. The highest BCUT2D eigenvalue weighted by Gasteiger charge is 2.25. The zero-order chi connectivity index (χ0) is 29.6. The van der Waals surface area contributed by atoms with Gasteiger partial charge in [-0.1, -0.05) is 25.1 Å². The third kappa shape index (κ3) is 8.73. The van der Waals surface area contributed by atoms with Crippen LogP contribution in [0.4, 0.5) is 16.3 Å². The number of ether oxygens (including phenoxy) is 1. The Kier molecular flexibility index (Phi) is 9.87. The van der Waals surface area contributed by atoms with Crippen LogP contribution in [0, 0.1) is 0 Å². The number of anilines is 2. The fraction of sp³-hybridized carbons (Fsp3) is 0.370. The molecule has 1 atom stereocenters. The molecule has 0 saturated heterocycles. The molecule has 0 aliphatic carbocycles. The number of benzene rings is 1. The summed E-state index contributed by atoms with van der Waals surface area (Å²) in [5.41, 5.74) is 0.870. The van der Waals surface area contributed by atoms with Crippen molar-refractivity contribution in [3.63, 3.8) is 0 Å². The summed E-state index contributed by atoms with van der Waals surface area (Å²) in [4.78, 5) is 20.6. The molecule has 1 amide bonds. The summed E-state index contributed by atoms with van der Waals surface area (Å²) in [6.45, 7) is 7.01. The van der Waals surface area contributed by atoms with Crippen molar-refractivity contribution < 1.29 is 26.4 Å². The molecular weight excluding hydrogens is 554 g/mol. The van der Waals surface area contributed by atoms with E-state index in [-0.39, 0.29) is 22.9 Å². The first-order valence-corrected chi connectivity index (χ1v) is 15.7. The second-order valence-corrected chi connectivity index (χ2v) is 13.9. The smallest absolute Gasteiger partial charge is 0.413 e. The van der Waals surface area contributed by atoms with Crippen molar-refractivity contribution in [2.45, 2.75) is 57.1 Å². The van der Waals surface area contributed by atoms with Crippen LogP contribution in [0.1, 0.15) is 51.4 Å². The van der Waals surface area contributed by atoms with Gasteiger partial charge in [-0.2, -0.15) is 0 Å². The van der Waals surface area contributed by atoms with Crippen LogP contribution in [-0.4, -0.2) is 51.3 Å². The molecule has 0 fully saturated rings. The SMILES string of the molecule is CCCS(=O)(=O)N(C)c1ccc(CC(NS(=O)(=O)c2cccnc2)c2cccc(NC(=O)OC(C)(C)C)n2)cc1. The van der Waals surface area contributed by atoms with Crippen LogP contribution in [0.5, 0.6) is 0 Å². The largest absolute Gasteiger partial charge is 0.444 e. The number of rotatable bonds is 11. The predicted octanol–water partition coefficient (Wildman–Crippen LogP) is 4.26. The van der Waals surface area contributed by atoms with Gasteiger partial charge in [-0.15, -0.1) is 0 Å². The van der Waals surface area contributed by atoms with E-state index in [9.17, 15) is 21.6 Å². The van der Waals surface area contributed by atoms with Crippen molar-refractivity contribution in [1.29, 1.82) is 0 Å². The third-order valence-electron chi connectivity index (χ3n) is 5.62. The van der Waals surface area contributed by atoms with Gasteiger partial charge in [0.25, 0.3) is 0 Å². The molecule has 0 aliphatic heterocycles. The second kappa shape index (κ2) is 12.7. The Balaban J connectivity index is 1.91. The average Bonchev–Trinajstić information content (AvgIpc) is 2.88. The number of carbonyl (C=O) groups is 1. The molecule has 11 nitrogen and oxygen atoms in total. The predicted molar refractivity (Wildman–Crippen MR) is 154 cm³/mol. The molecule has 0 saturated carbocycles. The molecule has 3 aromatic rings. The molecule has 1 aromatic carbocycles. The van der Waals surface area contributed by atoms with Gasteiger partial charge < -0.3 is 4.74 Å². The van der Waals surface area contributed by atoms with Gasteiger partial charge in [0.15, 0.2) is 0 Å². The molecule has 1 unspecified atom stereocenters. The lowest BCUT2D eigenvalue weighted by atomic mass is 10.0. The van der Waals surface area contributed by atoms with Gasteiger partial charge in [0.05, 0.1) is 23.2 Å². The first-order valence-electron chi connectivity index (χ1n) is 12.6. The Morgan fingerprint density at radius 1 is 1.02 bits per heavy atom. The minimum absolute atomic E-state index is 0.0128. The van der Waals surface area contributed by atoms with E-state index in [1.54, 1.807) is 70.2 Å². The minimum atomic E-state index is -3.99. The van der Waals surface area contributed by atoms with Crippen molar-refractivity contribution >= 4 is 37.6 Å². The van der Waals surface area contributed by atoms with Crippen LogP contribution in [-0.2, 0) is 31.2 Å². The number of sulfonamides is 2. The quantitative estimate of drug-likeness (QED) is 0.337. The van der Waals surface area contributed by atoms with Gasteiger partial charge in [-0.05, 0) is 75.6 Å². The molecule has 216 valence electrons. The Labute approximate surface area is 236 Å². The maximum Gasteiger partial charge on any atom is 0.413 e. The number of aromatic nitrogens is 2. The summed E-state index contributed by atoms with van der Waals surface area (Å²) in [7, 11) is -5.93. The van der Waals surface area contributed by atoms with E-state index in [1.165, 1.54) is 35.9 Å². The topological polar surface area (TPSA) is 148 Å². The molecule has 40 heavy (non-hydrogen) atoms. The summed E-state index contributed by atoms with van der Waals surface area (Å²) < 4.78 is 60.5. The van der Waals surface area contributed by atoms with Crippen LogP contribution >= 0.6 is 0 Å². The number of amides is 1. The lowest BCUT2D eigenvalue weighted by molar-refractivity contribution is 0.0635. The summed E-state index contributed by atoms with van der Waals surface area (Å²) in [5.74, 6) is 0.221. The zero-order valence-corrected chi connectivity index (χ0v) is 24.8. The highest BCUT2D eigenvalue weighted by molar-refractivity contribution is 7.92. The Morgan fingerprint density at radius 3 is 2.33 bits per heavy atom. The van der Waals surface area contributed by atoms with Crippen molar-refractivity contribution in [3.05, 3.63) is 78.2 Å². The second-order valence-electron chi connectivity index (χ2n) is 10.1. The molecule has 3 rings (SSSR count). The Bertz CT molecular complexity index is 1510. The maximum absolute atomic E-state index is 13.2. The lowest BCUT2D eigenvalue weighted by Gasteiger charge is -2.22. The first kappa shape index (κ1) is 31.0. The molecule has 0 radical (unpaired) electrons. The van der Waals surface area contributed by atoms with E-state index in [1.807, 2.05) is 0 Å². The summed E-state index contributed by atoms with van der Waals surface area (Å²) in [5, 5.41) is 2.57. The highest BCUT2D eigenvalue weighted by atomic mass is 32.2. The number of pyridine rings is 2. The van der Waals surface area contributed by atoms with E-state index < -0.39 is 37.8 Å². The van der Waals surface area contributed by atoms with Gasteiger partial charge in [-0.25, -0.2) is 31.3 Å². The van der Waals surface area contributed by atoms with Gasteiger partial charge in [0, 0.05) is 19.4 Å². The van der Waals surface area contributed by atoms with E-state index in [4.69, 9.17) is 4.74 Å². The lowest BCUT2D eigenvalue weighted by Crippen LogP contribution is -2.31. The van der Waals surface area contributed by atoms with Gasteiger partial charge >= 0.3 is 6.09 Å². The van der Waals surface area contributed by atoms with Gasteiger partial charge in [0.1, 0.15) is 16.3 Å². The van der Waals surface area contributed by atoms with Crippen LogP contribution in [0.25, 0.3) is 0 Å². The first-order chi connectivity index (χ1) is 18.7. The standard InChI is InChI=1S/C27H35N5O6S2/c1-6-17-39(34,35)32(5)21-14-12-20(13-15-21)18-24(31-40(36,37)22-9-8-16-28-19-22)23-10-7-11-25(29-23)30-26(33)38-27(2,3)4/h7-16,19,24,31H,6,17-18H2,1-5H3,(H,29,30,33). The fourth-order valence-corrected chi connectivity index (χ4v) is 6.13. The summed E-state index contributed by atoms with van der Waals surface area (Å²) in [6, 6.07) is 13.8. The van der Waals surface area contributed by atoms with Crippen molar-refractivity contribution in [1.82, 2.24) is 14.7 Å². The van der Waals surface area contributed by atoms with Gasteiger partial charge in [-0.3, -0.25) is 14.6 Å². The van der Waals surface area contributed by atoms with Crippen LogP contribution in [0.2, 0.25) is 0 Å². The monoisotopic (exact) mass is 589 g/mol. The van der Waals surface area contributed by atoms with Crippen molar-refractivity contribution in [2.75, 3.05) is 22.4 Å². The maximum atomic E-state index is 13.2. The number of carbonyl (C=O) groups excluding carboxylic acids is 1. The summed E-state index contributed by atoms with van der Waals surface area (Å²) in [6.07, 6.45) is 2.71. The molecule has 0 bridgehead atoms. The van der Waals surface area contributed by atoms with Crippen molar-refractivity contribution in [2.24, 2.45) is 0 Å². The molecule has 0 spiro atoms. The van der Waals surface area contributed by atoms with E-state index in [2.05, 4.69) is 20.0 Å². The van der Waals surface area contributed by atoms with Crippen LogP contribution < -0.4 is 14.3 Å². The molecule has 13 heteroatoms. The zero-order valence-electron chi connectivity index (χ0n) is 23.2. The number of hydrogen-bond acceptors (Lipinski definition) is 8. The van der Waals surface area contributed by atoms with E-state index in [0.717, 1.165) is 5.56 Å². The molecule has 2 N–H and O–H groups in total. The fourth-order valence-electron chi connectivity index (χ4n) is 3.72.